The number of H-pyrrole nitrogens is 1. The van der Waals surface area contributed by atoms with Gasteiger partial charge < -0.3 is 10.3 Å². The molecule has 1 aromatic rings. The van der Waals surface area contributed by atoms with Crippen LogP contribution in [0.2, 0.25) is 0 Å². The lowest BCUT2D eigenvalue weighted by Crippen LogP contribution is -2.37. The van der Waals surface area contributed by atoms with Crippen LogP contribution in [-0.4, -0.2) is 21.8 Å². The van der Waals surface area contributed by atoms with Crippen molar-refractivity contribution >= 4 is 23.0 Å². The number of thiocarbonyl (C=S) groups is 1. The second-order valence-electron chi connectivity index (χ2n) is 3.52. The molecular formula is C10H16N4S. The summed E-state index contributed by atoms with van der Waals surface area (Å²) < 4.78 is 0. The van der Waals surface area contributed by atoms with Crippen LogP contribution in [-0.2, 0) is 0 Å². The van der Waals surface area contributed by atoms with Crippen LogP contribution in [0.1, 0.15) is 26.5 Å². The fourth-order valence-electron chi connectivity index (χ4n) is 1.04. The number of aromatic amines is 1. The van der Waals surface area contributed by atoms with Gasteiger partial charge >= 0.3 is 0 Å². The Morgan fingerprint density at radius 2 is 2.27 bits per heavy atom. The molecule has 0 aliphatic rings. The number of nitrogens with one attached hydrogen (secondary N) is 3. The Balaban J connectivity index is 2.48. The van der Waals surface area contributed by atoms with Crippen molar-refractivity contribution in [1.82, 2.24) is 15.7 Å². The molecule has 1 heterocycles. The molecule has 0 radical (unpaired) electrons. The summed E-state index contributed by atoms with van der Waals surface area (Å²) >= 11 is 5.04. The minimum Gasteiger partial charge on any atom is -0.360 e. The number of hydrogen-bond donors (Lipinski definition) is 3. The molecule has 0 saturated heterocycles. The maximum atomic E-state index is 5.04. The van der Waals surface area contributed by atoms with E-state index in [0.29, 0.717) is 11.2 Å². The molecular weight excluding hydrogens is 208 g/mol. The van der Waals surface area contributed by atoms with Crippen LogP contribution in [0.25, 0.3) is 0 Å². The monoisotopic (exact) mass is 224 g/mol. The van der Waals surface area contributed by atoms with Gasteiger partial charge in [0.05, 0.1) is 11.4 Å². The summed E-state index contributed by atoms with van der Waals surface area (Å²) in [5.41, 5.74) is 4.64. The standard InChI is InChI=1S/C10H16N4S/c1-7(2)12-10(15)14-13-8(3)9-5-4-6-11-9/h4-7,11H,1-3H3,(H2,12,14,15)/b13-8+. The van der Waals surface area contributed by atoms with E-state index < -0.39 is 0 Å². The number of aromatic nitrogens is 1. The van der Waals surface area contributed by atoms with Crippen LogP contribution in [0.4, 0.5) is 0 Å². The Morgan fingerprint density at radius 1 is 1.53 bits per heavy atom. The zero-order valence-corrected chi connectivity index (χ0v) is 9.98. The van der Waals surface area contributed by atoms with E-state index in [1.54, 1.807) is 0 Å². The lowest BCUT2D eigenvalue weighted by molar-refractivity contribution is 0.719. The molecule has 0 unspecified atom stereocenters. The van der Waals surface area contributed by atoms with Gasteiger partial charge in [0.2, 0.25) is 0 Å². The van der Waals surface area contributed by atoms with Crippen molar-refractivity contribution in [3.05, 3.63) is 24.0 Å². The highest BCUT2D eigenvalue weighted by atomic mass is 32.1. The largest absolute Gasteiger partial charge is 0.360 e. The molecule has 0 aliphatic heterocycles. The van der Waals surface area contributed by atoms with E-state index in [1.165, 1.54) is 0 Å². The molecule has 5 heteroatoms. The van der Waals surface area contributed by atoms with E-state index in [1.807, 2.05) is 39.1 Å². The van der Waals surface area contributed by atoms with Gasteiger partial charge in [-0.05, 0) is 45.1 Å². The minimum absolute atomic E-state index is 0.311. The van der Waals surface area contributed by atoms with Crippen LogP contribution >= 0.6 is 12.2 Å². The molecule has 0 aromatic carbocycles. The van der Waals surface area contributed by atoms with Crippen LogP contribution in [0, 0.1) is 0 Å². The van der Waals surface area contributed by atoms with Gasteiger partial charge in [0.15, 0.2) is 5.11 Å². The van der Waals surface area contributed by atoms with Crippen LogP contribution < -0.4 is 10.7 Å². The molecule has 4 nitrogen and oxygen atoms in total. The van der Waals surface area contributed by atoms with Gasteiger partial charge in [0.1, 0.15) is 0 Å². The normalized spacial score (nSPS) is 11.6. The van der Waals surface area contributed by atoms with E-state index >= 15 is 0 Å². The molecule has 82 valence electrons. The first-order valence-electron chi connectivity index (χ1n) is 4.84. The zero-order chi connectivity index (χ0) is 11.3. The quantitative estimate of drug-likeness (QED) is 0.415. The molecule has 1 aromatic heterocycles. The molecule has 0 atom stereocenters. The summed E-state index contributed by atoms with van der Waals surface area (Å²) in [5, 5.41) is 7.74. The number of hydrazone groups is 1. The second kappa shape index (κ2) is 5.50. The van der Waals surface area contributed by atoms with Crippen molar-refractivity contribution in [2.45, 2.75) is 26.8 Å². The average Bonchev–Trinajstić information content (AvgIpc) is 2.65. The number of nitrogens with zero attached hydrogens (tertiary/aromatic N) is 1. The van der Waals surface area contributed by atoms with Gasteiger partial charge in [-0.3, -0.25) is 5.43 Å². The summed E-state index contributed by atoms with van der Waals surface area (Å²) in [6.07, 6.45) is 1.86. The maximum Gasteiger partial charge on any atom is 0.187 e. The molecule has 0 fully saturated rings. The van der Waals surface area contributed by atoms with Gasteiger partial charge in [-0.25, -0.2) is 0 Å². The van der Waals surface area contributed by atoms with E-state index in [9.17, 15) is 0 Å². The summed E-state index contributed by atoms with van der Waals surface area (Å²) in [4.78, 5) is 3.07. The first kappa shape index (κ1) is 11.7. The Labute approximate surface area is 95.2 Å². The minimum atomic E-state index is 0.311. The Morgan fingerprint density at radius 3 is 2.80 bits per heavy atom. The first-order chi connectivity index (χ1) is 7.09. The molecule has 0 aliphatic carbocycles. The fraction of sp³-hybridized carbons (Fsp3) is 0.400. The van der Waals surface area contributed by atoms with E-state index in [-0.39, 0.29) is 0 Å². The summed E-state index contributed by atoms with van der Waals surface area (Å²) in [7, 11) is 0. The maximum absolute atomic E-state index is 5.04. The van der Waals surface area contributed by atoms with Crippen molar-refractivity contribution < 1.29 is 0 Å². The van der Waals surface area contributed by atoms with Crippen molar-refractivity contribution in [3.8, 4) is 0 Å². The number of rotatable bonds is 3. The average molecular weight is 224 g/mol. The lowest BCUT2D eigenvalue weighted by Gasteiger charge is -2.10. The van der Waals surface area contributed by atoms with E-state index in [0.717, 1.165) is 11.4 Å². The van der Waals surface area contributed by atoms with E-state index in [2.05, 4.69) is 20.8 Å². The highest BCUT2D eigenvalue weighted by molar-refractivity contribution is 7.80. The first-order valence-corrected chi connectivity index (χ1v) is 5.25. The van der Waals surface area contributed by atoms with E-state index in [4.69, 9.17) is 12.2 Å². The van der Waals surface area contributed by atoms with Gasteiger partial charge in [-0.1, -0.05) is 0 Å². The predicted octanol–water partition coefficient (Wildman–Crippen LogP) is 1.61. The van der Waals surface area contributed by atoms with Crippen LogP contribution in [0.3, 0.4) is 0 Å². The molecule has 0 amide bonds. The van der Waals surface area contributed by atoms with Crippen molar-refractivity contribution in [2.75, 3.05) is 0 Å². The SMILES string of the molecule is C/C(=N\NC(=S)NC(C)C)c1ccc[nH]1. The topological polar surface area (TPSA) is 52.2 Å². The molecule has 3 N–H and O–H groups in total. The van der Waals surface area contributed by atoms with Gasteiger partial charge in [0, 0.05) is 12.2 Å². The van der Waals surface area contributed by atoms with Gasteiger partial charge in [-0.15, -0.1) is 0 Å². The third kappa shape index (κ3) is 4.12. The highest BCUT2D eigenvalue weighted by Crippen LogP contribution is 1.95. The second-order valence-corrected chi connectivity index (χ2v) is 3.93. The van der Waals surface area contributed by atoms with Crippen molar-refractivity contribution in [1.29, 1.82) is 0 Å². The molecule has 0 saturated carbocycles. The van der Waals surface area contributed by atoms with Gasteiger partial charge in [-0.2, -0.15) is 5.10 Å². The molecule has 1 rings (SSSR count). The predicted molar refractivity (Wildman–Crippen MR) is 67.0 cm³/mol. The Hall–Kier alpha value is -1.36. The lowest BCUT2D eigenvalue weighted by atomic mass is 10.3. The number of hydrogen-bond acceptors (Lipinski definition) is 2. The zero-order valence-electron chi connectivity index (χ0n) is 9.16. The summed E-state index contributed by atoms with van der Waals surface area (Å²) in [6.45, 7) is 5.96. The fourth-order valence-corrected chi connectivity index (χ4v) is 1.33. The van der Waals surface area contributed by atoms with Crippen LogP contribution in [0.5, 0.6) is 0 Å². The summed E-state index contributed by atoms with van der Waals surface area (Å²) in [5.74, 6) is 0. The third-order valence-corrected chi connectivity index (χ3v) is 1.94. The molecule has 0 spiro atoms. The van der Waals surface area contributed by atoms with Gasteiger partial charge in [0.25, 0.3) is 0 Å². The Bertz CT molecular complexity index is 340. The smallest absolute Gasteiger partial charge is 0.187 e. The molecule has 15 heavy (non-hydrogen) atoms. The van der Waals surface area contributed by atoms with Crippen molar-refractivity contribution in [3.63, 3.8) is 0 Å². The summed E-state index contributed by atoms with van der Waals surface area (Å²) in [6, 6.07) is 4.20. The third-order valence-electron chi connectivity index (χ3n) is 1.73. The highest BCUT2D eigenvalue weighted by Gasteiger charge is 1.99. The van der Waals surface area contributed by atoms with Crippen LogP contribution in [0.15, 0.2) is 23.4 Å². The Kier molecular flexibility index (Phi) is 4.30. The molecule has 0 bridgehead atoms. The van der Waals surface area contributed by atoms with Crippen molar-refractivity contribution in [2.24, 2.45) is 5.10 Å².